The maximum Gasteiger partial charge on any atom is 0.270 e. The number of nitrogens with zero attached hydrogens (tertiary/aromatic N) is 1. The Bertz CT molecular complexity index is 917. The molecule has 1 aliphatic rings. The van der Waals surface area contributed by atoms with Crippen LogP contribution in [0.25, 0.3) is 21.5 Å². The van der Waals surface area contributed by atoms with E-state index in [1.807, 2.05) is 41.8 Å². The van der Waals surface area contributed by atoms with Crippen molar-refractivity contribution in [1.82, 2.24) is 15.8 Å². The van der Waals surface area contributed by atoms with Crippen LogP contribution in [0.5, 0.6) is 0 Å². The molecule has 0 aliphatic heterocycles. The molecule has 6 heteroatoms. The first-order chi connectivity index (χ1) is 11.7. The molecular formula is C18H15N3O2S. The molecule has 2 heterocycles. The molecule has 1 fully saturated rings. The van der Waals surface area contributed by atoms with Gasteiger partial charge >= 0.3 is 0 Å². The van der Waals surface area contributed by atoms with Gasteiger partial charge in [-0.2, -0.15) is 0 Å². The smallest absolute Gasteiger partial charge is 0.270 e. The van der Waals surface area contributed by atoms with E-state index in [4.69, 9.17) is 0 Å². The Morgan fingerprint density at radius 3 is 2.67 bits per heavy atom. The Kier molecular flexibility index (Phi) is 3.74. The quantitative estimate of drug-likeness (QED) is 0.721. The van der Waals surface area contributed by atoms with E-state index in [1.165, 1.54) is 0 Å². The summed E-state index contributed by atoms with van der Waals surface area (Å²) in [6.45, 7) is 0. The second-order valence-electron chi connectivity index (χ2n) is 5.77. The Hall–Kier alpha value is -2.73. The van der Waals surface area contributed by atoms with E-state index < -0.39 is 0 Å². The average Bonchev–Trinajstić information content (AvgIpc) is 3.32. The van der Waals surface area contributed by atoms with Crippen molar-refractivity contribution in [1.29, 1.82) is 0 Å². The number of fused-ring (bicyclic) bond motifs is 1. The lowest BCUT2D eigenvalue weighted by Gasteiger charge is -2.10. The van der Waals surface area contributed by atoms with Crippen molar-refractivity contribution < 1.29 is 9.59 Å². The van der Waals surface area contributed by atoms with Gasteiger partial charge in [0.1, 0.15) is 0 Å². The minimum absolute atomic E-state index is 0.0427. The monoisotopic (exact) mass is 337 g/mol. The average molecular weight is 337 g/mol. The second-order valence-corrected chi connectivity index (χ2v) is 6.71. The standard InChI is InChI=1S/C18H15N3O2S/c22-17(11-7-8-11)20-21-18(23)13-10-15(16-6-3-9-24-16)19-14-5-2-1-4-12(13)14/h1-6,9-11H,7-8H2,(H,20,22)(H,21,23). The molecule has 0 unspecified atom stereocenters. The summed E-state index contributed by atoms with van der Waals surface area (Å²) in [5, 5.41) is 2.73. The summed E-state index contributed by atoms with van der Waals surface area (Å²) >= 11 is 1.57. The summed E-state index contributed by atoms with van der Waals surface area (Å²) in [5.41, 5.74) is 7.03. The van der Waals surface area contributed by atoms with Crippen LogP contribution in [0.1, 0.15) is 23.2 Å². The van der Waals surface area contributed by atoms with E-state index in [2.05, 4.69) is 15.8 Å². The van der Waals surface area contributed by atoms with Crippen LogP contribution in [0.3, 0.4) is 0 Å². The minimum Gasteiger partial charge on any atom is -0.273 e. The third kappa shape index (κ3) is 2.88. The number of pyridine rings is 1. The van der Waals surface area contributed by atoms with Crippen LogP contribution < -0.4 is 10.9 Å². The Morgan fingerprint density at radius 2 is 1.92 bits per heavy atom. The van der Waals surface area contributed by atoms with Gasteiger partial charge < -0.3 is 0 Å². The lowest BCUT2D eigenvalue weighted by Crippen LogP contribution is -2.42. The Labute approximate surface area is 142 Å². The number of nitrogens with one attached hydrogen (secondary N) is 2. The van der Waals surface area contributed by atoms with Gasteiger partial charge in [-0.1, -0.05) is 24.3 Å². The van der Waals surface area contributed by atoms with Gasteiger partial charge in [0, 0.05) is 11.3 Å². The number of hydrazine groups is 1. The van der Waals surface area contributed by atoms with E-state index in [1.54, 1.807) is 17.4 Å². The van der Waals surface area contributed by atoms with Crippen LogP contribution in [-0.4, -0.2) is 16.8 Å². The number of hydrogen-bond acceptors (Lipinski definition) is 4. The maximum absolute atomic E-state index is 12.6. The number of para-hydroxylation sites is 1. The zero-order valence-corrected chi connectivity index (χ0v) is 13.6. The molecule has 0 spiro atoms. The fourth-order valence-electron chi connectivity index (χ4n) is 2.55. The molecule has 24 heavy (non-hydrogen) atoms. The highest BCUT2D eigenvalue weighted by molar-refractivity contribution is 7.13. The molecule has 1 aromatic carbocycles. The predicted molar refractivity (Wildman–Crippen MR) is 93.4 cm³/mol. The lowest BCUT2D eigenvalue weighted by atomic mass is 10.1. The van der Waals surface area contributed by atoms with Crippen LogP contribution >= 0.6 is 11.3 Å². The third-order valence-electron chi connectivity index (χ3n) is 3.98. The molecule has 120 valence electrons. The van der Waals surface area contributed by atoms with Crippen molar-refractivity contribution in [3.8, 4) is 10.6 Å². The van der Waals surface area contributed by atoms with E-state index in [-0.39, 0.29) is 17.7 Å². The highest BCUT2D eigenvalue weighted by Crippen LogP contribution is 2.29. The molecule has 4 rings (SSSR count). The number of benzene rings is 1. The molecule has 0 radical (unpaired) electrons. The normalized spacial score (nSPS) is 13.7. The van der Waals surface area contributed by atoms with E-state index in [9.17, 15) is 9.59 Å². The van der Waals surface area contributed by atoms with Crippen LogP contribution in [0, 0.1) is 5.92 Å². The third-order valence-corrected chi connectivity index (χ3v) is 4.87. The molecule has 0 saturated heterocycles. The lowest BCUT2D eigenvalue weighted by molar-refractivity contribution is -0.123. The number of aromatic nitrogens is 1. The fraction of sp³-hybridized carbons (Fsp3) is 0.167. The minimum atomic E-state index is -0.333. The Morgan fingerprint density at radius 1 is 1.08 bits per heavy atom. The van der Waals surface area contributed by atoms with Crippen molar-refractivity contribution in [2.75, 3.05) is 0 Å². The molecule has 2 amide bonds. The van der Waals surface area contributed by atoms with Gasteiger partial charge in [-0.25, -0.2) is 4.98 Å². The first-order valence-electron chi connectivity index (χ1n) is 7.76. The number of rotatable bonds is 3. The second kappa shape index (κ2) is 6.05. The maximum atomic E-state index is 12.6. The summed E-state index contributed by atoms with van der Waals surface area (Å²) in [4.78, 5) is 29.9. The van der Waals surface area contributed by atoms with E-state index in [0.29, 0.717) is 5.56 Å². The molecule has 2 N–H and O–H groups in total. The molecule has 3 aromatic rings. The van der Waals surface area contributed by atoms with Gasteiger partial charge in [-0.05, 0) is 36.4 Å². The summed E-state index contributed by atoms with van der Waals surface area (Å²) in [6, 6.07) is 13.2. The van der Waals surface area contributed by atoms with Crippen LogP contribution in [0.4, 0.5) is 0 Å². The van der Waals surface area contributed by atoms with Crippen molar-refractivity contribution in [2.24, 2.45) is 5.92 Å². The van der Waals surface area contributed by atoms with Crippen molar-refractivity contribution in [3.63, 3.8) is 0 Å². The summed E-state index contributed by atoms with van der Waals surface area (Å²) in [5.74, 6) is -0.415. The first kappa shape index (κ1) is 14.8. The number of carbonyl (C=O) groups is 2. The fourth-order valence-corrected chi connectivity index (χ4v) is 3.23. The number of carbonyl (C=O) groups excluding carboxylic acids is 2. The summed E-state index contributed by atoms with van der Waals surface area (Å²) < 4.78 is 0. The zero-order valence-electron chi connectivity index (χ0n) is 12.8. The van der Waals surface area contributed by atoms with Gasteiger partial charge in [0.05, 0.1) is 21.7 Å². The highest BCUT2D eigenvalue weighted by atomic mass is 32.1. The van der Waals surface area contributed by atoms with Gasteiger partial charge in [-0.15, -0.1) is 11.3 Å². The summed E-state index contributed by atoms with van der Waals surface area (Å²) in [7, 11) is 0. The predicted octanol–water partition coefficient (Wildman–Crippen LogP) is 3.13. The molecule has 2 aromatic heterocycles. The van der Waals surface area contributed by atoms with Gasteiger partial charge in [-0.3, -0.25) is 20.4 Å². The van der Waals surface area contributed by atoms with Crippen LogP contribution in [-0.2, 0) is 4.79 Å². The molecule has 5 nitrogen and oxygen atoms in total. The van der Waals surface area contributed by atoms with E-state index in [0.717, 1.165) is 34.3 Å². The number of amides is 2. The van der Waals surface area contributed by atoms with E-state index >= 15 is 0 Å². The number of hydrogen-bond donors (Lipinski definition) is 2. The van der Waals surface area contributed by atoms with Crippen LogP contribution in [0.2, 0.25) is 0 Å². The molecule has 0 atom stereocenters. The Balaban J connectivity index is 1.69. The van der Waals surface area contributed by atoms with Crippen molar-refractivity contribution >= 4 is 34.1 Å². The van der Waals surface area contributed by atoms with Crippen molar-refractivity contribution in [2.45, 2.75) is 12.8 Å². The molecule has 1 aliphatic carbocycles. The van der Waals surface area contributed by atoms with Crippen LogP contribution in [0.15, 0.2) is 47.8 Å². The SMILES string of the molecule is O=C(NNC(=O)C1CC1)c1cc(-c2cccs2)nc2ccccc12. The topological polar surface area (TPSA) is 71.1 Å². The molecule has 0 bridgehead atoms. The zero-order chi connectivity index (χ0) is 16.5. The first-order valence-corrected chi connectivity index (χ1v) is 8.64. The highest BCUT2D eigenvalue weighted by Gasteiger charge is 2.30. The largest absolute Gasteiger partial charge is 0.273 e. The molecule has 1 saturated carbocycles. The van der Waals surface area contributed by atoms with Gasteiger partial charge in [0.2, 0.25) is 5.91 Å². The number of thiophene rings is 1. The van der Waals surface area contributed by atoms with Gasteiger partial charge in [0.25, 0.3) is 5.91 Å². The molecular weight excluding hydrogens is 322 g/mol. The van der Waals surface area contributed by atoms with Gasteiger partial charge in [0.15, 0.2) is 0 Å². The summed E-state index contributed by atoms with van der Waals surface area (Å²) in [6.07, 6.45) is 1.78. The van der Waals surface area contributed by atoms with Crippen molar-refractivity contribution in [3.05, 3.63) is 53.4 Å².